The Balaban J connectivity index is 1.91. The topological polar surface area (TPSA) is 84.2 Å². The molecule has 2 rings (SSSR count). The van der Waals surface area contributed by atoms with Crippen molar-refractivity contribution >= 4 is 17.5 Å². The molecule has 0 spiro atoms. The molecule has 5 nitrogen and oxygen atoms in total. The number of anilines is 1. The van der Waals surface area contributed by atoms with Gasteiger partial charge in [0.15, 0.2) is 0 Å². The molecule has 0 saturated heterocycles. The van der Waals surface area contributed by atoms with Crippen molar-refractivity contribution in [2.45, 2.75) is 32.7 Å². The summed E-state index contributed by atoms with van der Waals surface area (Å²) in [5.74, 6) is 0.140. The van der Waals surface area contributed by atoms with Gasteiger partial charge < -0.3 is 16.4 Å². The largest absolute Gasteiger partial charge is 0.350 e. The van der Waals surface area contributed by atoms with Gasteiger partial charge in [-0.25, -0.2) is 0 Å². The Hall–Kier alpha value is -2.66. The SMILES string of the molecule is CC(=O)Nc1ccc(C(=O)NCC(N)c2ccc(C(C)C)cc2)cc1. The van der Waals surface area contributed by atoms with Crippen molar-refractivity contribution in [1.29, 1.82) is 0 Å². The molecule has 4 N–H and O–H groups in total. The lowest BCUT2D eigenvalue weighted by molar-refractivity contribution is -0.114. The van der Waals surface area contributed by atoms with Crippen LogP contribution < -0.4 is 16.4 Å². The minimum atomic E-state index is -0.260. The molecule has 0 fully saturated rings. The van der Waals surface area contributed by atoms with Crippen molar-refractivity contribution in [3.63, 3.8) is 0 Å². The van der Waals surface area contributed by atoms with E-state index in [1.807, 2.05) is 12.1 Å². The molecule has 132 valence electrons. The zero-order chi connectivity index (χ0) is 18.4. The third kappa shape index (κ3) is 5.43. The van der Waals surface area contributed by atoms with Gasteiger partial charge in [0.25, 0.3) is 5.91 Å². The Morgan fingerprint density at radius 3 is 2.04 bits per heavy atom. The second kappa shape index (κ2) is 8.44. The molecule has 2 amide bonds. The smallest absolute Gasteiger partial charge is 0.251 e. The van der Waals surface area contributed by atoms with E-state index in [9.17, 15) is 9.59 Å². The number of hydrogen-bond donors (Lipinski definition) is 3. The van der Waals surface area contributed by atoms with E-state index in [2.05, 4.69) is 36.6 Å². The zero-order valence-corrected chi connectivity index (χ0v) is 14.9. The fourth-order valence-electron chi connectivity index (χ4n) is 2.46. The average Bonchev–Trinajstić information content (AvgIpc) is 2.59. The first-order valence-corrected chi connectivity index (χ1v) is 8.38. The highest BCUT2D eigenvalue weighted by Gasteiger charge is 2.10. The van der Waals surface area contributed by atoms with E-state index < -0.39 is 0 Å². The molecule has 1 unspecified atom stereocenters. The molecule has 2 aromatic carbocycles. The fraction of sp³-hybridized carbons (Fsp3) is 0.300. The average molecular weight is 339 g/mol. The molecule has 0 radical (unpaired) electrons. The standard InChI is InChI=1S/C20H25N3O2/c1-13(2)15-4-6-16(7-5-15)19(21)12-22-20(25)17-8-10-18(11-9-17)23-14(3)24/h4-11,13,19H,12,21H2,1-3H3,(H,22,25)(H,23,24). The molecule has 1 atom stereocenters. The maximum absolute atomic E-state index is 12.2. The summed E-state index contributed by atoms with van der Waals surface area (Å²) in [4.78, 5) is 23.2. The van der Waals surface area contributed by atoms with Crippen molar-refractivity contribution in [3.8, 4) is 0 Å². The first kappa shape index (κ1) is 18.7. The predicted molar refractivity (Wildman–Crippen MR) is 101 cm³/mol. The van der Waals surface area contributed by atoms with Gasteiger partial charge in [-0.15, -0.1) is 0 Å². The molecule has 0 heterocycles. The van der Waals surface area contributed by atoms with Crippen LogP contribution in [0.15, 0.2) is 48.5 Å². The van der Waals surface area contributed by atoms with E-state index in [1.54, 1.807) is 24.3 Å². The molecule has 5 heteroatoms. The van der Waals surface area contributed by atoms with Crippen molar-refractivity contribution in [3.05, 3.63) is 65.2 Å². The number of carbonyl (C=O) groups is 2. The van der Waals surface area contributed by atoms with Crippen LogP contribution in [0.1, 0.15) is 54.2 Å². The van der Waals surface area contributed by atoms with Crippen LogP contribution in [-0.4, -0.2) is 18.4 Å². The van der Waals surface area contributed by atoms with Crippen LogP contribution in [0.2, 0.25) is 0 Å². The highest BCUT2D eigenvalue weighted by Crippen LogP contribution is 2.17. The summed E-state index contributed by atoms with van der Waals surface area (Å²) in [6, 6.07) is 14.6. The minimum absolute atomic E-state index is 0.147. The Kier molecular flexibility index (Phi) is 6.31. The van der Waals surface area contributed by atoms with Gasteiger partial charge in [0, 0.05) is 30.8 Å². The number of benzene rings is 2. The molecule has 0 aliphatic rings. The quantitative estimate of drug-likeness (QED) is 0.755. The predicted octanol–water partition coefficient (Wildman–Crippen LogP) is 3.20. The zero-order valence-electron chi connectivity index (χ0n) is 14.9. The van der Waals surface area contributed by atoms with Crippen molar-refractivity contribution in [2.75, 3.05) is 11.9 Å². The first-order valence-electron chi connectivity index (χ1n) is 8.38. The molecule has 0 aliphatic carbocycles. The highest BCUT2D eigenvalue weighted by molar-refractivity contribution is 5.95. The number of amides is 2. The summed E-state index contributed by atoms with van der Waals surface area (Å²) in [5.41, 5.74) is 9.60. The third-order valence-electron chi connectivity index (χ3n) is 3.98. The summed E-state index contributed by atoms with van der Waals surface area (Å²) < 4.78 is 0. The van der Waals surface area contributed by atoms with Gasteiger partial charge in [-0.3, -0.25) is 9.59 Å². The van der Waals surface area contributed by atoms with E-state index in [0.29, 0.717) is 23.7 Å². The molecule has 2 aromatic rings. The Labute approximate surface area is 148 Å². The van der Waals surface area contributed by atoms with E-state index in [-0.39, 0.29) is 17.9 Å². The lowest BCUT2D eigenvalue weighted by atomic mass is 9.99. The first-order chi connectivity index (χ1) is 11.9. The van der Waals surface area contributed by atoms with Gasteiger partial charge in [0.05, 0.1) is 0 Å². The number of carbonyl (C=O) groups excluding carboxylic acids is 2. The summed E-state index contributed by atoms with van der Waals surface area (Å²) >= 11 is 0. The minimum Gasteiger partial charge on any atom is -0.350 e. The summed E-state index contributed by atoms with van der Waals surface area (Å²) in [7, 11) is 0. The fourth-order valence-corrected chi connectivity index (χ4v) is 2.46. The monoisotopic (exact) mass is 339 g/mol. The van der Waals surface area contributed by atoms with Crippen molar-refractivity contribution in [2.24, 2.45) is 5.73 Å². The van der Waals surface area contributed by atoms with Crippen LogP contribution in [0.4, 0.5) is 5.69 Å². The lowest BCUT2D eigenvalue weighted by Gasteiger charge is -2.15. The summed E-state index contributed by atoms with van der Waals surface area (Å²) in [5, 5.41) is 5.51. The van der Waals surface area contributed by atoms with Crippen molar-refractivity contribution in [1.82, 2.24) is 5.32 Å². The number of rotatable bonds is 6. The molecule has 0 aliphatic heterocycles. The van der Waals surface area contributed by atoms with Crippen LogP contribution in [0, 0.1) is 0 Å². The van der Waals surface area contributed by atoms with Gasteiger partial charge in [-0.2, -0.15) is 0 Å². The maximum Gasteiger partial charge on any atom is 0.251 e. The van der Waals surface area contributed by atoms with E-state index >= 15 is 0 Å². The van der Waals surface area contributed by atoms with Crippen molar-refractivity contribution < 1.29 is 9.59 Å². The number of nitrogens with one attached hydrogen (secondary N) is 2. The van der Waals surface area contributed by atoms with Crippen LogP contribution in [-0.2, 0) is 4.79 Å². The van der Waals surface area contributed by atoms with Gasteiger partial charge in [0.1, 0.15) is 0 Å². The Morgan fingerprint density at radius 2 is 1.52 bits per heavy atom. The van der Waals surface area contributed by atoms with Gasteiger partial charge in [-0.1, -0.05) is 38.1 Å². The Bertz CT molecular complexity index is 722. The maximum atomic E-state index is 12.2. The van der Waals surface area contributed by atoms with E-state index in [4.69, 9.17) is 5.73 Å². The Morgan fingerprint density at radius 1 is 0.960 bits per heavy atom. The molecule has 0 saturated carbocycles. The second-order valence-corrected chi connectivity index (χ2v) is 6.40. The van der Waals surface area contributed by atoms with Gasteiger partial charge >= 0.3 is 0 Å². The summed E-state index contributed by atoms with van der Waals surface area (Å²) in [6.45, 7) is 6.09. The van der Waals surface area contributed by atoms with Gasteiger partial charge in [-0.05, 0) is 41.3 Å². The van der Waals surface area contributed by atoms with E-state index in [1.165, 1.54) is 12.5 Å². The lowest BCUT2D eigenvalue weighted by Crippen LogP contribution is -2.31. The van der Waals surface area contributed by atoms with E-state index in [0.717, 1.165) is 5.56 Å². The normalized spacial score (nSPS) is 11.9. The molecule has 25 heavy (non-hydrogen) atoms. The third-order valence-corrected chi connectivity index (χ3v) is 3.98. The number of nitrogens with two attached hydrogens (primary N) is 1. The summed E-state index contributed by atoms with van der Waals surface area (Å²) in [6.07, 6.45) is 0. The molecule has 0 aromatic heterocycles. The molecular formula is C20H25N3O2. The van der Waals surface area contributed by atoms with Crippen LogP contribution in [0.3, 0.4) is 0 Å². The molecule has 0 bridgehead atoms. The van der Waals surface area contributed by atoms with Crippen LogP contribution in [0.25, 0.3) is 0 Å². The highest BCUT2D eigenvalue weighted by atomic mass is 16.2. The van der Waals surface area contributed by atoms with Crippen LogP contribution >= 0.6 is 0 Å². The second-order valence-electron chi connectivity index (χ2n) is 6.40. The van der Waals surface area contributed by atoms with Crippen LogP contribution in [0.5, 0.6) is 0 Å². The number of hydrogen-bond acceptors (Lipinski definition) is 3. The molecular weight excluding hydrogens is 314 g/mol. The van der Waals surface area contributed by atoms with Gasteiger partial charge in [0.2, 0.25) is 5.91 Å².